The Morgan fingerprint density at radius 1 is 0.917 bits per heavy atom. The number of aryl methyl sites for hydroxylation is 2. The Morgan fingerprint density at radius 2 is 1.42 bits per heavy atom. The van der Waals surface area contributed by atoms with E-state index in [-0.39, 0.29) is 29.8 Å². The number of amides is 1. The van der Waals surface area contributed by atoms with Crippen LogP contribution in [0.1, 0.15) is 68.9 Å². The van der Waals surface area contributed by atoms with Gasteiger partial charge in [-0.15, -0.1) is 0 Å². The molecule has 0 atom stereocenters. The summed E-state index contributed by atoms with van der Waals surface area (Å²) in [6.07, 6.45) is 9.24. The van der Waals surface area contributed by atoms with Crippen LogP contribution in [0.3, 0.4) is 0 Å². The number of carbonyl (C=O) groups is 1. The number of nitrogens with one attached hydrogen (secondary N) is 2. The molecule has 0 radical (unpaired) electrons. The first kappa shape index (κ1) is 28.9. The Labute approximate surface area is 218 Å². The van der Waals surface area contributed by atoms with Crippen LogP contribution in [0, 0.1) is 13.8 Å². The number of methoxy groups -OCH3 is 1. The number of hydrogen-bond donors (Lipinski definition) is 2. The SMILES string of the molecule is COc1cc(C)c(S(=O)(=O)N(C)CCC(=O)NC2CCC(NC3CCC(N(C)C)CC3)CC2)c(C)c1. The number of hydrogen-bond acceptors (Lipinski definition) is 6. The summed E-state index contributed by atoms with van der Waals surface area (Å²) in [7, 11) is 3.75. The molecule has 2 saturated carbocycles. The van der Waals surface area contributed by atoms with Crippen molar-refractivity contribution in [2.45, 2.75) is 101 Å². The standard InChI is InChI=1S/C27H46N4O4S/c1-19-17-25(35-6)18-20(2)27(19)36(33,34)31(5)16-15-26(32)29-23-9-7-21(8-10-23)28-22-11-13-24(14-12-22)30(3)4/h17-18,21-24,28H,7-16H2,1-6H3,(H,29,32). The van der Waals surface area contributed by atoms with Gasteiger partial charge >= 0.3 is 0 Å². The molecule has 0 aromatic heterocycles. The second-order valence-electron chi connectivity index (χ2n) is 10.9. The third kappa shape index (κ3) is 7.43. The number of ether oxygens (including phenoxy) is 1. The smallest absolute Gasteiger partial charge is 0.243 e. The highest BCUT2D eigenvalue weighted by atomic mass is 32.2. The lowest BCUT2D eigenvalue weighted by molar-refractivity contribution is -0.122. The van der Waals surface area contributed by atoms with Gasteiger partial charge in [-0.2, -0.15) is 0 Å². The average molecular weight is 523 g/mol. The van der Waals surface area contributed by atoms with Gasteiger partial charge in [0.1, 0.15) is 5.75 Å². The molecular weight excluding hydrogens is 476 g/mol. The summed E-state index contributed by atoms with van der Waals surface area (Å²) in [5.41, 5.74) is 1.28. The molecule has 204 valence electrons. The molecule has 36 heavy (non-hydrogen) atoms. The molecule has 3 rings (SSSR count). The number of sulfonamides is 1. The van der Waals surface area contributed by atoms with Gasteiger partial charge in [0, 0.05) is 44.2 Å². The van der Waals surface area contributed by atoms with Crippen molar-refractivity contribution in [2.75, 3.05) is 34.8 Å². The monoisotopic (exact) mass is 522 g/mol. The maximum Gasteiger partial charge on any atom is 0.243 e. The first-order chi connectivity index (χ1) is 17.0. The summed E-state index contributed by atoms with van der Waals surface area (Å²) < 4.78 is 32.9. The summed E-state index contributed by atoms with van der Waals surface area (Å²) in [6, 6.07) is 5.49. The van der Waals surface area contributed by atoms with Crippen LogP contribution in [0.5, 0.6) is 5.75 Å². The molecule has 0 heterocycles. The highest BCUT2D eigenvalue weighted by Crippen LogP contribution is 2.28. The van der Waals surface area contributed by atoms with E-state index >= 15 is 0 Å². The fourth-order valence-corrected chi connectivity index (χ4v) is 7.34. The molecule has 2 fully saturated rings. The van der Waals surface area contributed by atoms with Crippen molar-refractivity contribution >= 4 is 15.9 Å². The van der Waals surface area contributed by atoms with Gasteiger partial charge in [0.15, 0.2) is 0 Å². The molecule has 2 aliphatic carbocycles. The lowest BCUT2D eigenvalue weighted by Crippen LogP contribution is -2.47. The third-order valence-electron chi connectivity index (χ3n) is 7.98. The van der Waals surface area contributed by atoms with E-state index < -0.39 is 10.0 Å². The predicted molar refractivity (Wildman–Crippen MR) is 144 cm³/mol. The van der Waals surface area contributed by atoms with Crippen molar-refractivity contribution in [1.29, 1.82) is 0 Å². The van der Waals surface area contributed by atoms with Crippen molar-refractivity contribution in [1.82, 2.24) is 19.8 Å². The zero-order valence-corrected chi connectivity index (χ0v) is 23.8. The molecule has 0 bridgehead atoms. The molecule has 1 amide bonds. The summed E-state index contributed by atoms with van der Waals surface area (Å²) in [6.45, 7) is 3.68. The van der Waals surface area contributed by atoms with E-state index in [9.17, 15) is 13.2 Å². The summed E-state index contributed by atoms with van der Waals surface area (Å²) in [5, 5.41) is 7.00. The van der Waals surface area contributed by atoms with E-state index in [0.717, 1.165) is 25.7 Å². The van der Waals surface area contributed by atoms with Crippen LogP contribution in [-0.4, -0.2) is 82.5 Å². The molecule has 8 nitrogen and oxygen atoms in total. The summed E-state index contributed by atoms with van der Waals surface area (Å²) in [5.74, 6) is 0.547. The minimum atomic E-state index is -3.70. The molecule has 2 aliphatic rings. The Bertz CT molecular complexity index is 958. The second-order valence-corrected chi connectivity index (χ2v) is 12.9. The van der Waals surface area contributed by atoms with E-state index in [2.05, 4.69) is 29.6 Å². The van der Waals surface area contributed by atoms with Crippen LogP contribution in [0.2, 0.25) is 0 Å². The molecule has 1 aromatic carbocycles. The first-order valence-corrected chi connectivity index (χ1v) is 14.8. The van der Waals surface area contributed by atoms with E-state index in [1.807, 2.05) is 0 Å². The minimum absolute atomic E-state index is 0.0846. The zero-order valence-electron chi connectivity index (χ0n) is 23.0. The fourth-order valence-electron chi connectivity index (χ4n) is 5.77. The Morgan fingerprint density at radius 3 is 1.92 bits per heavy atom. The lowest BCUT2D eigenvalue weighted by Gasteiger charge is -2.37. The van der Waals surface area contributed by atoms with Gasteiger partial charge < -0.3 is 20.3 Å². The largest absolute Gasteiger partial charge is 0.497 e. The molecule has 9 heteroatoms. The first-order valence-electron chi connectivity index (χ1n) is 13.3. The Kier molecular flexibility index (Phi) is 10.2. The molecule has 1 aromatic rings. The average Bonchev–Trinajstić information content (AvgIpc) is 2.83. The predicted octanol–water partition coefficient (Wildman–Crippen LogP) is 3.21. The van der Waals surface area contributed by atoms with Crippen molar-refractivity contribution < 1.29 is 17.9 Å². The van der Waals surface area contributed by atoms with Crippen LogP contribution in [0.4, 0.5) is 0 Å². The van der Waals surface area contributed by atoms with E-state index in [1.165, 1.54) is 37.0 Å². The Balaban J connectivity index is 1.41. The highest BCUT2D eigenvalue weighted by Gasteiger charge is 2.29. The number of nitrogens with zero attached hydrogens (tertiary/aromatic N) is 2. The van der Waals surface area contributed by atoms with Crippen LogP contribution >= 0.6 is 0 Å². The third-order valence-corrected chi connectivity index (χ3v) is 10.1. The van der Waals surface area contributed by atoms with Gasteiger partial charge in [-0.05, 0) is 103 Å². The van der Waals surface area contributed by atoms with Gasteiger partial charge in [0.2, 0.25) is 15.9 Å². The molecule has 0 aliphatic heterocycles. The van der Waals surface area contributed by atoms with Crippen LogP contribution in [0.25, 0.3) is 0 Å². The van der Waals surface area contributed by atoms with Gasteiger partial charge in [-0.25, -0.2) is 12.7 Å². The Hall–Kier alpha value is -1.68. The highest BCUT2D eigenvalue weighted by molar-refractivity contribution is 7.89. The van der Waals surface area contributed by atoms with Crippen LogP contribution in [-0.2, 0) is 14.8 Å². The zero-order chi connectivity index (χ0) is 26.5. The van der Waals surface area contributed by atoms with Gasteiger partial charge in [0.25, 0.3) is 0 Å². The maximum absolute atomic E-state index is 13.2. The van der Waals surface area contributed by atoms with Crippen LogP contribution < -0.4 is 15.4 Å². The molecule has 0 spiro atoms. The van der Waals surface area contributed by atoms with E-state index in [1.54, 1.807) is 33.1 Å². The van der Waals surface area contributed by atoms with Gasteiger partial charge in [0.05, 0.1) is 12.0 Å². The summed E-state index contributed by atoms with van der Waals surface area (Å²) in [4.78, 5) is 15.2. The van der Waals surface area contributed by atoms with Crippen LogP contribution in [0.15, 0.2) is 17.0 Å². The summed E-state index contributed by atoms with van der Waals surface area (Å²) >= 11 is 0. The fraction of sp³-hybridized carbons (Fsp3) is 0.741. The normalized spacial score (nSPS) is 25.2. The lowest BCUT2D eigenvalue weighted by atomic mass is 9.87. The van der Waals surface area contributed by atoms with Crippen molar-refractivity contribution in [2.24, 2.45) is 0 Å². The topological polar surface area (TPSA) is 91.0 Å². The number of carbonyl (C=O) groups excluding carboxylic acids is 1. The van der Waals surface area contributed by atoms with Crippen molar-refractivity contribution in [3.8, 4) is 5.75 Å². The second kappa shape index (κ2) is 12.7. The molecule has 2 N–H and O–H groups in total. The van der Waals surface area contributed by atoms with Crippen molar-refractivity contribution in [3.63, 3.8) is 0 Å². The van der Waals surface area contributed by atoms with Gasteiger partial charge in [-0.3, -0.25) is 4.79 Å². The maximum atomic E-state index is 13.2. The van der Waals surface area contributed by atoms with Gasteiger partial charge in [-0.1, -0.05) is 0 Å². The van der Waals surface area contributed by atoms with Crippen molar-refractivity contribution in [3.05, 3.63) is 23.3 Å². The van der Waals surface area contributed by atoms with E-state index in [4.69, 9.17) is 4.74 Å². The van der Waals surface area contributed by atoms with E-state index in [0.29, 0.717) is 35.0 Å². The quantitative estimate of drug-likeness (QED) is 0.490. The number of rotatable bonds is 10. The number of benzene rings is 1. The molecular formula is C27H46N4O4S. The molecule has 0 unspecified atom stereocenters. The minimum Gasteiger partial charge on any atom is -0.497 e. The molecule has 0 saturated heterocycles.